The summed E-state index contributed by atoms with van der Waals surface area (Å²) < 4.78 is 5.50. The number of ether oxygens (including phenoxy) is 1. The van der Waals surface area contributed by atoms with Gasteiger partial charge >= 0.3 is 0 Å². The number of aliphatic imine (C=N–C) groups is 1. The molecule has 0 spiro atoms. The molecule has 14 heavy (non-hydrogen) atoms. The summed E-state index contributed by atoms with van der Waals surface area (Å²) in [5.41, 5.74) is 0.829. The van der Waals surface area contributed by atoms with Gasteiger partial charge in [-0.3, -0.25) is 4.98 Å². The molecule has 1 aliphatic rings. The third kappa shape index (κ3) is 1.76. The van der Waals surface area contributed by atoms with Crippen molar-refractivity contribution >= 4 is 5.90 Å². The Morgan fingerprint density at radius 1 is 1.43 bits per heavy atom. The molecular formula is C11H14N2O. The molecule has 0 bridgehead atoms. The minimum absolute atomic E-state index is 0.284. The second-order valence-electron chi connectivity index (χ2n) is 3.77. The van der Waals surface area contributed by atoms with Gasteiger partial charge in [-0.25, -0.2) is 4.99 Å². The maximum Gasteiger partial charge on any atom is 0.235 e. The van der Waals surface area contributed by atoms with Gasteiger partial charge in [0.1, 0.15) is 12.3 Å². The van der Waals surface area contributed by atoms with Gasteiger partial charge in [-0.15, -0.1) is 0 Å². The van der Waals surface area contributed by atoms with Crippen molar-refractivity contribution in [3.63, 3.8) is 0 Å². The van der Waals surface area contributed by atoms with E-state index < -0.39 is 0 Å². The van der Waals surface area contributed by atoms with Gasteiger partial charge < -0.3 is 4.74 Å². The minimum atomic E-state index is 0.284. The zero-order valence-corrected chi connectivity index (χ0v) is 8.47. The predicted molar refractivity (Wildman–Crippen MR) is 55.4 cm³/mol. The average molecular weight is 190 g/mol. The first-order valence-electron chi connectivity index (χ1n) is 4.89. The lowest BCUT2D eigenvalue weighted by Gasteiger charge is -2.06. The molecule has 74 valence electrons. The van der Waals surface area contributed by atoms with Crippen LogP contribution < -0.4 is 0 Å². The van der Waals surface area contributed by atoms with Crippen LogP contribution in [0.3, 0.4) is 0 Å². The Kier molecular flexibility index (Phi) is 2.48. The molecule has 0 saturated heterocycles. The Bertz CT molecular complexity index is 332. The summed E-state index contributed by atoms with van der Waals surface area (Å²) in [6.45, 7) is 4.99. The van der Waals surface area contributed by atoms with Gasteiger partial charge in [-0.1, -0.05) is 19.9 Å². The van der Waals surface area contributed by atoms with E-state index in [9.17, 15) is 0 Å². The predicted octanol–water partition coefficient (Wildman–Crippen LogP) is 1.88. The van der Waals surface area contributed by atoms with Crippen molar-refractivity contribution in [1.82, 2.24) is 4.98 Å². The van der Waals surface area contributed by atoms with Crippen LogP contribution >= 0.6 is 0 Å². The van der Waals surface area contributed by atoms with E-state index in [1.807, 2.05) is 18.2 Å². The molecule has 2 heterocycles. The molecule has 0 aliphatic carbocycles. The van der Waals surface area contributed by atoms with Crippen molar-refractivity contribution in [2.24, 2.45) is 10.9 Å². The molecule has 0 amide bonds. The Morgan fingerprint density at radius 2 is 2.29 bits per heavy atom. The third-order valence-corrected chi connectivity index (χ3v) is 2.33. The van der Waals surface area contributed by atoms with Gasteiger partial charge in [-0.05, 0) is 18.1 Å². The Morgan fingerprint density at radius 3 is 2.86 bits per heavy atom. The smallest absolute Gasteiger partial charge is 0.235 e. The van der Waals surface area contributed by atoms with Crippen LogP contribution in [0.2, 0.25) is 0 Å². The Labute approximate surface area is 83.8 Å². The summed E-state index contributed by atoms with van der Waals surface area (Å²) >= 11 is 0. The van der Waals surface area contributed by atoms with Crippen LogP contribution in [-0.4, -0.2) is 23.5 Å². The number of hydrogen-bond donors (Lipinski definition) is 0. The lowest BCUT2D eigenvalue weighted by atomic mass is 10.1. The van der Waals surface area contributed by atoms with E-state index in [1.165, 1.54) is 0 Å². The van der Waals surface area contributed by atoms with E-state index in [1.54, 1.807) is 6.20 Å². The Hall–Kier alpha value is -1.38. The normalized spacial score (nSPS) is 20.8. The molecule has 0 unspecified atom stereocenters. The molecule has 0 N–H and O–H groups in total. The first-order chi connectivity index (χ1) is 6.77. The molecule has 3 heteroatoms. The quantitative estimate of drug-likeness (QED) is 0.713. The molecular weight excluding hydrogens is 176 g/mol. The first-order valence-corrected chi connectivity index (χ1v) is 4.89. The molecule has 0 aromatic carbocycles. The average Bonchev–Trinajstić information content (AvgIpc) is 2.68. The zero-order chi connectivity index (χ0) is 9.97. The lowest BCUT2D eigenvalue weighted by Crippen LogP contribution is -2.13. The highest BCUT2D eigenvalue weighted by Gasteiger charge is 2.22. The van der Waals surface area contributed by atoms with E-state index >= 15 is 0 Å². The number of pyridine rings is 1. The van der Waals surface area contributed by atoms with Crippen molar-refractivity contribution in [2.75, 3.05) is 6.61 Å². The lowest BCUT2D eigenvalue weighted by molar-refractivity contribution is 0.291. The maximum atomic E-state index is 5.50. The molecule has 2 rings (SSSR count). The zero-order valence-electron chi connectivity index (χ0n) is 8.47. The van der Waals surface area contributed by atoms with Crippen molar-refractivity contribution in [3.8, 4) is 0 Å². The highest BCUT2D eigenvalue weighted by molar-refractivity contribution is 5.93. The minimum Gasteiger partial charge on any atom is -0.474 e. The van der Waals surface area contributed by atoms with Crippen LogP contribution in [0.5, 0.6) is 0 Å². The first kappa shape index (κ1) is 9.19. The molecule has 1 aromatic heterocycles. The van der Waals surface area contributed by atoms with Crippen LogP contribution in [0.25, 0.3) is 0 Å². The summed E-state index contributed by atoms with van der Waals surface area (Å²) in [7, 11) is 0. The largest absolute Gasteiger partial charge is 0.474 e. The molecule has 0 radical (unpaired) electrons. The maximum absolute atomic E-state index is 5.50. The van der Waals surface area contributed by atoms with E-state index in [0.29, 0.717) is 18.4 Å². The summed E-state index contributed by atoms with van der Waals surface area (Å²) in [6, 6.07) is 6.03. The number of aromatic nitrogens is 1. The van der Waals surface area contributed by atoms with Crippen molar-refractivity contribution in [1.29, 1.82) is 0 Å². The standard InChI is InChI=1S/C11H14N2O/c1-8(2)10-7-14-11(13-10)9-5-3-4-6-12-9/h3-6,8,10H,7H2,1-2H3/t10-/m1/s1. The van der Waals surface area contributed by atoms with Gasteiger partial charge in [0.15, 0.2) is 0 Å². The summed E-state index contributed by atoms with van der Waals surface area (Å²) in [5, 5.41) is 0. The van der Waals surface area contributed by atoms with E-state index in [0.717, 1.165) is 5.69 Å². The molecule has 1 atom stereocenters. The SMILES string of the molecule is CC(C)[C@H]1COC(c2ccccn2)=N1. The van der Waals surface area contributed by atoms with Crippen molar-refractivity contribution in [2.45, 2.75) is 19.9 Å². The number of hydrogen-bond acceptors (Lipinski definition) is 3. The van der Waals surface area contributed by atoms with Crippen LogP contribution in [0.1, 0.15) is 19.5 Å². The monoisotopic (exact) mass is 190 g/mol. The van der Waals surface area contributed by atoms with Gasteiger partial charge in [0.2, 0.25) is 5.90 Å². The van der Waals surface area contributed by atoms with Crippen molar-refractivity contribution < 1.29 is 4.74 Å². The fraction of sp³-hybridized carbons (Fsp3) is 0.455. The highest BCUT2D eigenvalue weighted by Crippen LogP contribution is 2.16. The van der Waals surface area contributed by atoms with Gasteiger partial charge in [-0.2, -0.15) is 0 Å². The Balaban J connectivity index is 2.18. The topological polar surface area (TPSA) is 34.5 Å². The van der Waals surface area contributed by atoms with E-state index in [-0.39, 0.29) is 6.04 Å². The van der Waals surface area contributed by atoms with Crippen LogP contribution in [0.15, 0.2) is 29.4 Å². The molecule has 0 fully saturated rings. The number of rotatable bonds is 2. The van der Waals surface area contributed by atoms with Crippen LogP contribution in [0, 0.1) is 5.92 Å². The van der Waals surface area contributed by atoms with Crippen LogP contribution in [-0.2, 0) is 4.74 Å². The molecule has 1 aromatic rings. The number of nitrogens with zero attached hydrogens (tertiary/aromatic N) is 2. The van der Waals surface area contributed by atoms with Crippen LogP contribution in [0.4, 0.5) is 0 Å². The second-order valence-corrected chi connectivity index (χ2v) is 3.77. The fourth-order valence-electron chi connectivity index (χ4n) is 1.36. The fourth-order valence-corrected chi connectivity index (χ4v) is 1.36. The highest BCUT2D eigenvalue weighted by atomic mass is 16.5. The second kappa shape index (κ2) is 3.78. The van der Waals surface area contributed by atoms with Gasteiger partial charge in [0.25, 0.3) is 0 Å². The summed E-state index contributed by atoms with van der Waals surface area (Å²) in [6.07, 6.45) is 1.75. The van der Waals surface area contributed by atoms with Gasteiger partial charge in [0, 0.05) is 6.20 Å². The summed E-state index contributed by atoms with van der Waals surface area (Å²) in [5.74, 6) is 1.21. The molecule has 0 saturated carbocycles. The van der Waals surface area contributed by atoms with Gasteiger partial charge in [0.05, 0.1) is 6.04 Å². The van der Waals surface area contributed by atoms with E-state index in [4.69, 9.17) is 4.74 Å². The molecule has 1 aliphatic heterocycles. The molecule has 3 nitrogen and oxygen atoms in total. The van der Waals surface area contributed by atoms with Crippen molar-refractivity contribution in [3.05, 3.63) is 30.1 Å². The summed E-state index contributed by atoms with van der Waals surface area (Å²) in [4.78, 5) is 8.69. The third-order valence-electron chi connectivity index (χ3n) is 2.33. The van der Waals surface area contributed by atoms with E-state index in [2.05, 4.69) is 23.8 Å².